The molecule has 0 heterocycles. The van der Waals surface area contributed by atoms with Crippen molar-refractivity contribution < 1.29 is 121 Å². The molecule has 0 saturated heterocycles. The molecule has 298 valence electrons. The molecular formula is C20H20F18O9S3. The second-order valence-corrected chi connectivity index (χ2v) is 13.3. The number of esters is 2. The lowest BCUT2D eigenvalue weighted by atomic mass is 10.1. The van der Waals surface area contributed by atoms with Crippen LogP contribution in [0, 0.1) is 0 Å². The van der Waals surface area contributed by atoms with Gasteiger partial charge in [0.15, 0.2) is 5.25 Å². The van der Waals surface area contributed by atoms with Crippen molar-refractivity contribution in [1.29, 1.82) is 0 Å². The van der Waals surface area contributed by atoms with E-state index in [1.807, 2.05) is 0 Å². The van der Waals surface area contributed by atoms with Crippen molar-refractivity contribution in [1.82, 2.24) is 0 Å². The van der Waals surface area contributed by atoms with E-state index < -0.39 is 155 Å². The summed E-state index contributed by atoms with van der Waals surface area (Å²) in [7, 11) is -5.69. The van der Waals surface area contributed by atoms with Gasteiger partial charge < -0.3 is 14.2 Å². The number of hydrogen-bond acceptors (Lipinski definition) is 10. The van der Waals surface area contributed by atoms with Gasteiger partial charge in [0.2, 0.25) is 0 Å². The van der Waals surface area contributed by atoms with Crippen LogP contribution in [0.15, 0.2) is 0 Å². The summed E-state index contributed by atoms with van der Waals surface area (Å²) < 4.78 is 282. The van der Waals surface area contributed by atoms with Crippen LogP contribution in [-0.2, 0) is 38.7 Å². The second kappa shape index (κ2) is 16.5. The Morgan fingerprint density at radius 2 is 1.08 bits per heavy atom. The fourth-order valence-electron chi connectivity index (χ4n) is 2.56. The van der Waals surface area contributed by atoms with Gasteiger partial charge in [0.05, 0.1) is 6.42 Å². The first-order valence-electron chi connectivity index (χ1n) is 12.1. The van der Waals surface area contributed by atoms with Crippen LogP contribution in [0.3, 0.4) is 0 Å². The van der Waals surface area contributed by atoms with Crippen molar-refractivity contribution in [3.8, 4) is 0 Å². The van der Waals surface area contributed by atoms with Crippen molar-refractivity contribution in [2.45, 2.75) is 84.7 Å². The second-order valence-electron chi connectivity index (χ2n) is 9.25. The first kappa shape index (κ1) is 48.2. The van der Waals surface area contributed by atoms with E-state index in [0.29, 0.717) is 0 Å². The molecule has 0 aromatic rings. The largest absolute Gasteiger partial charge is 0.465 e. The van der Waals surface area contributed by atoms with Crippen LogP contribution in [0.2, 0.25) is 0 Å². The average molecular weight is 843 g/mol. The fourth-order valence-corrected chi connectivity index (χ4v) is 4.46. The van der Waals surface area contributed by atoms with Gasteiger partial charge in [0, 0.05) is 25.4 Å². The highest BCUT2D eigenvalue weighted by Crippen LogP contribution is 2.50. The van der Waals surface area contributed by atoms with Crippen molar-refractivity contribution in [3.63, 3.8) is 0 Å². The zero-order valence-electron chi connectivity index (χ0n) is 24.0. The van der Waals surface area contributed by atoms with E-state index in [9.17, 15) is 97.0 Å². The van der Waals surface area contributed by atoms with Gasteiger partial charge in [-0.15, -0.1) is 0 Å². The zero-order valence-corrected chi connectivity index (χ0v) is 26.5. The van der Waals surface area contributed by atoms with Gasteiger partial charge in [0.25, 0.3) is 28.7 Å². The van der Waals surface area contributed by atoms with Gasteiger partial charge in [-0.25, -0.2) is 13.2 Å². The fraction of sp³-hybridized carbons (Fsp3) is 0.900. The summed E-state index contributed by atoms with van der Waals surface area (Å²) in [5.74, 6) is -30.0. The third kappa shape index (κ3) is 12.7. The van der Waals surface area contributed by atoms with Gasteiger partial charge >= 0.3 is 52.5 Å². The summed E-state index contributed by atoms with van der Waals surface area (Å²) in [5.41, 5.74) is 0. The maximum absolute atomic E-state index is 13.9. The van der Waals surface area contributed by atoms with E-state index in [0.717, 1.165) is 0 Å². The number of thioether (sulfide) groups is 2. The summed E-state index contributed by atoms with van der Waals surface area (Å²) in [6.07, 6.45) is -24.9. The van der Waals surface area contributed by atoms with Crippen LogP contribution < -0.4 is 0 Å². The lowest BCUT2D eigenvalue weighted by Gasteiger charge is -2.35. The first-order chi connectivity index (χ1) is 21.9. The molecule has 0 radical (unpaired) electrons. The van der Waals surface area contributed by atoms with E-state index in [1.54, 1.807) is 0 Å². The Morgan fingerprint density at radius 1 is 0.680 bits per heavy atom. The number of alkyl halides is 18. The number of ether oxygens (including phenoxy) is 4. The molecule has 1 N–H and O–H groups in total. The van der Waals surface area contributed by atoms with Crippen molar-refractivity contribution in [2.75, 3.05) is 24.7 Å². The predicted molar refractivity (Wildman–Crippen MR) is 130 cm³/mol. The van der Waals surface area contributed by atoms with Gasteiger partial charge in [-0.05, 0) is 0 Å². The minimum atomic E-state index is -7.15. The third-order valence-corrected chi connectivity index (χ3v) is 8.14. The molecule has 0 fully saturated rings. The summed E-state index contributed by atoms with van der Waals surface area (Å²) in [4.78, 5) is 23.7. The van der Waals surface area contributed by atoms with Crippen LogP contribution in [-0.4, -0.2) is 114 Å². The molecule has 4 atom stereocenters. The van der Waals surface area contributed by atoms with E-state index >= 15 is 0 Å². The van der Waals surface area contributed by atoms with Crippen LogP contribution >= 0.6 is 23.5 Å². The predicted octanol–water partition coefficient (Wildman–Crippen LogP) is 6.76. The lowest BCUT2D eigenvalue weighted by Crippen LogP contribution is -2.56. The maximum Gasteiger partial charge on any atom is 0.462 e. The summed E-state index contributed by atoms with van der Waals surface area (Å²) in [6, 6.07) is 0. The summed E-state index contributed by atoms with van der Waals surface area (Å²) in [5, 5.41) is -13.4. The Bertz CT molecular complexity index is 1260. The molecule has 4 unspecified atom stereocenters. The standard InChI is InChI=1S/C20H20F18O9S3/c1-13(23,24)17(30,31)14(2,25)46-11(21)15(26,27)48-5-3-44-9(39)7-8(50(41,42)43)10(40)45-4-6-49-16(28,29)12(22)47-20(37,38)18(32,33)19(34,35)36/h8,11-12H,3-7H2,1-2H3,(H,41,42,43). The molecule has 0 bridgehead atoms. The first-order valence-corrected chi connectivity index (χ1v) is 15.6. The topological polar surface area (TPSA) is 125 Å². The molecule has 0 saturated carbocycles. The van der Waals surface area contributed by atoms with Gasteiger partial charge in [0.1, 0.15) is 13.2 Å². The van der Waals surface area contributed by atoms with Gasteiger partial charge in [-0.2, -0.15) is 74.3 Å². The Labute approximate surface area is 275 Å². The average Bonchev–Trinajstić information content (AvgIpc) is 2.89. The number of carbonyl (C=O) groups excluding carboxylic acids is 2. The highest BCUT2D eigenvalue weighted by Gasteiger charge is 2.76. The number of carbonyl (C=O) groups is 2. The Kier molecular flexibility index (Phi) is 15.9. The maximum atomic E-state index is 13.9. The minimum absolute atomic E-state index is 0.486. The third-order valence-electron chi connectivity index (χ3n) is 5.18. The monoisotopic (exact) mass is 842 g/mol. The van der Waals surface area contributed by atoms with Crippen LogP contribution in [0.25, 0.3) is 0 Å². The van der Waals surface area contributed by atoms with E-state index in [4.69, 9.17) is 4.55 Å². The molecule has 0 rings (SSSR count). The molecule has 0 aromatic carbocycles. The number of rotatable bonds is 21. The molecular weight excluding hydrogens is 822 g/mol. The van der Waals surface area contributed by atoms with Crippen molar-refractivity contribution in [3.05, 3.63) is 0 Å². The molecule has 0 aliphatic carbocycles. The lowest BCUT2D eigenvalue weighted by molar-refractivity contribution is -0.446. The quantitative estimate of drug-likeness (QED) is 0.0571. The number of halogens is 18. The Hall–Kier alpha value is -1.79. The van der Waals surface area contributed by atoms with Crippen molar-refractivity contribution in [2.24, 2.45) is 0 Å². The molecule has 9 nitrogen and oxygen atoms in total. The SMILES string of the molecule is CC(F)(F)C(F)(F)C(C)(F)OC(F)C(F)(F)SCCOC(=O)CC(C(=O)OCCSC(F)(F)C(F)OC(F)(F)C(F)(F)C(F)(F)F)S(=O)(=O)O. The van der Waals surface area contributed by atoms with Crippen molar-refractivity contribution >= 4 is 45.6 Å². The molecule has 0 aromatic heterocycles. The zero-order chi connectivity index (χ0) is 40.2. The Balaban J connectivity index is 5.10. The van der Waals surface area contributed by atoms with Gasteiger partial charge in [-0.1, -0.05) is 23.5 Å². The number of hydrogen-bond donors (Lipinski definition) is 1. The molecule has 50 heavy (non-hydrogen) atoms. The van der Waals surface area contributed by atoms with E-state index in [1.165, 1.54) is 0 Å². The smallest absolute Gasteiger partial charge is 0.462 e. The van der Waals surface area contributed by atoms with Crippen LogP contribution in [0.5, 0.6) is 0 Å². The highest BCUT2D eigenvalue weighted by atomic mass is 32.2. The van der Waals surface area contributed by atoms with Gasteiger partial charge in [-0.3, -0.25) is 18.9 Å². The molecule has 0 spiro atoms. The molecule has 0 amide bonds. The summed E-state index contributed by atoms with van der Waals surface area (Å²) in [6.45, 7) is -3.81. The molecule has 0 aliphatic heterocycles. The molecule has 30 heteroatoms. The van der Waals surface area contributed by atoms with Crippen LogP contribution in [0.1, 0.15) is 20.3 Å². The van der Waals surface area contributed by atoms with Crippen LogP contribution in [0.4, 0.5) is 79.0 Å². The highest BCUT2D eigenvalue weighted by molar-refractivity contribution is 8.00. The Morgan fingerprint density at radius 3 is 1.46 bits per heavy atom. The van der Waals surface area contributed by atoms with E-state index in [-0.39, 0.29) is 0 Å². The normalized spacial score (nSPS) is 17.5. The molecule has 0 aliphatic rings. The summed E-state index contributed by atoms with van der Waals surface area (Å²) >= 11 is -2.18. The minimum Gasteiger partial charge on any atom is -0.465 e. The van der Waals surface area contributed by atoms with E-state index in [2.05, 4.69) is 18.9 Å².